The molecule has 3 aromatic rings. The molecule has 0 saturated heterocycles. The molecule has 8 heteroatoms. The summed E-state index contributed by atoms with van der Waals surface area (Å²) >= 11 is 12.7. The van der Waals surface area contributed by atoms with E-state index in [1.807, 2.05) is 18.2 Å². The molecule has 2 amide bonds. The first kappa shape index (κ1) is 17.3. The number of hydrogen-bond acceptors (Lipinski definition) is 3. The predicted octanol–water partition coefficient (Wildman–Crippen LogP) is 3.82. The van der Waals surface area contributed by atoms with Gasteiger partial charge in [0.25, 0.3) is 0 Å². The number of rotatable bonds is 2. The maximum absolute atomic E-state index is 13.1. The molecule has 0 radical (unpaired) electrons. The number of aromatic nitrogens is 2. The van der Waals surface area contributed by atoms with E-state index >= 15 is 0 Å². The van der Waals surface area contributed by atoms with Crippen molar-refractivity contribution in [1.29, 1.82) is 0 Å². The van der Waals surface area contributed by atoms with Crippen LogP contribution in [0, 0.1) is 0 Å². The van der Waals surface area contributed by atoms with Crippen LogP contribution < -0.4 is 10.6 Å². The van der Waals surface area contributed by atoms with Crippen molar-refractivity contribution in [2.75, 3.05) is 10.6 Å². The summed E-state index contributed by atoms with van der Waals surface area (Å²) in [6.45, 7) is 0.363. The Kier molecular flexibility index (Phi) is 3.76. The molecule has 5 rings (SSSR count). The lowest BCUT2D eigenvalue weighted by atomic mass is 9.72. The zero-order valence-electron chi connectivity index (χ0n) is 14.5. The molecule has 0 bridgehead atoms. The number of hydrogen-bond donors (Lipinski definition) is 2. The summed E-state index contributed by atoms with van der Waals surface area (Å²) in [6.07, 6.45) is 1.60. The summed E-state index contributed by atoms with van der Waals surface area (Å²) in [6, 6.07) is 12.7. The average molecular weight is 413 g/mol. The molecule has 0 unspecified atom stereocenters. The lowest BCUT2D eigenvalue weighted by molar-refractivity contribution is -0.125. The van der Waals surface area contributed by atoms with E-state index in [4.69, 9.17) is 23.2 Å². The van der Waals surface area contributed by atoms with Gasteiger partial charge in [0.2, 0.25) is 11.8 Å². The fraction of sp³-hybridized carbons (Fsp3) is 0.150. The molecule has 2 N–H and O–H groups in total. The quantitative estimate of drug-likeness (QED) is 0.671. The minimum absolute atomic E-state index is 0.0274. The molecule has 0 aliphatic carbocycles. The molecule has 140 valence electrons. The van der Waals surface area contributed by atoms with Crippen molar-refractivity contribution in [3.8, 4) is 0 Å². The monoisotopic (exact) mass is 412 g/mol. The molecule has 1 aromatic heterocycles. The second-order valence-corrected chi connectivity index (χ2v) is 7.72. The Labute approximate surface area is 170 Å². The summed E-state index contributed by atoms with van der Waals surface area (Å²) in [7, 11) is 0. The van der Waals surface area contributed by atoms with Gasteiger partial charge >= 0.3 is 0 Å². The van der Waals surface area contributed by atoms with Crippen LogP contribution in [0.1, 0.15) is 23.1 Å². The minimum atomic E-state index is -1.19. The van der Waals surface area contributed by atoms with Gasteiger partial charge in [0.05, 0.1) is 12.7 Å². The summed E-state index contributed by atoms with van der Waals surface area (Å²) in [5, 5.41) is 11.2. The summed E-state index contributed by atoms with van der Waals surface area (Å²) in [5.74, 6) is -0.0561. The van der Waals surface area contributed by atoms with Crippen molar-refractivity contribution < 1.29 is 9.59 Å². The average Bonchev–Trinajstić information content (AvgIpc) is 3.18. The van der Waals surface area contributed by atoms with Crippen LogP contribution in [0.4, 0.5) is 11.5 Å². The van der Waals surface area contributed by atoms with Crippen molar-refractivity contribution >= 4 is 46.5 Å². The van der Waals surface area contributed by atoms with Crippen LogP contribution in [0.25, 0.3) is 0 Å². The van der Waals surface area contributed by atoms with Gasteiger partial charge in [-0.25, -0.2) is 4.68 Å². The van der Waals surface area contributed by atoms with E-state index in [9.17, 15) is 9.59 Å². The van der Waals surface area contributed by atoms with Crippen molar-refractivity contribution in [1.82, 2.24) is 9.78 Å². The smallest absolute Gasteiger partial charge is 0.240 e. The van der Waals surface area contributed by atoms with Crippen molar-refractivity contribution in [2.24, 2.45) is 0 Å². The van der Waals surface area contributed by atoms with Crippen LogP contribution in [-0.4, -0.2) is 21.6 Å². The Balaban J connectivity index is 1.69. The third kappa shape index (κ3) is 2.31. The Bertz CT molecular complexity index is 1160. The lowest BCUT2D eigenvalue weighted by Crippen LogP contribution is -2.43. The molecule has 2 aromatic carbocycles. The van der Waals surface area contributed by atoms with E-state index in [-0.39, 0.29) is 18.2 Å². The highest BCUT2D eigenvalue weighted by Gasteiger charge is 2.55. The molecule has 2 aliphatic heterocycles. The number of benzene rings is 2. The molecule has 3 heterocycles. The highest BCUT2D eigenvalue weighted by Crippen LogP contribution is 2.52. The van der Waals surface area contributed by atoms with Gasteiger partial charge < -0.3 is 10.6 Å². The molecule has 6 nitrogen and oxygen atoms in total. The van der Waals surface area contributed by atoms with Gasteiger partial charge in [-0.1, -0.05) is 47.5 Å². The molecule has 1 atom stereocenters. The second-order valence-electron chi connectivity index (χ2n) is 6.90. The van der Waals surface area contributed by atoms with Gasteiger partial charge in [-0.3, -0.25) is 9.59 Å². The second kappa shape index (κ2) is 6.09. The highest BCUT2D eigenvalue weighted by atomic mass is 35.5. The van der Waals surface area contributed by atoms with Gasteiger partial charge in [0, 0.05) is 33.3 Å². The zero-order valence-corrected chi connectivity index (χ0v) is 16.0. The Hall–Kier alpha value is -2.83. The van der Waals surface area contributed by atoms with Crippen molar-refractivity contribution in [3.05, 3.63) is 75.4 Å². The van der Waals surface area contributed by atoms with Gasteiger partial charge in [0.1, 0.15) is 11.2 Å². The van der Waals surface area contributed by atoms with Crippen LogP contribution in [-0.2, 0) is 21.5 Å². The number of nitrogens with zero attached hydrogens (tertiary/aromatic N) is 2. The number of nitrogens with one attached hydrogen (secondary N) is 2. The number of anilines is 2. The SMILES string of the molecule is O=C1C[C@]2(C(=O)Nc3cccc(Cl)c32)c2cnn(Cc3ccccc3Cl)c2N1. The van der Waals surface area contributed by atoms with Gasteiger partial charge in [-0.05, 0) is 23.8 Å². The molecular formula is C20H14Cl2N4O2. The molecule has 1 spiro atoms. The van der Waals surface area contributed by atoms with E-state index in [0.717, 1.165) is 5.56 Å². The fourth-order valence-corrected chi connectivity index (χ4v) is 4.61. The standard InChI is InChI=1S/C20H14Cl2N4O2/c21-13-5-2-1-4-11(13)10-26-18-12(9-23-26)20(8-16(27)25-18)17-14(22)6-3-7-15(17)24-19(20)28/h1-7,9H,8,10H2,(H,24,28)(H,25,27)/t20-/m0/s1. The van der Waals surface area contributed by atoms with Crippen LogP contribution in [0.5, 0.6) is 0 Å². The molecule has 0 saturated carbocycles. The number of fused-ring (bicyclic) bond motifs is 4. The van der Waals surface area contributed by atoms with Crippen LogP contribution in [0.2, 0.25) is 10.0 Å². The van der Waals surface area contributed by atoms with Crippen molar-refractivity contribution in [3.63, 3.8) is 0 Å². The maximum atomic E-state index is 13.1. The first-order valence-corrected chi connectivity index (χ1v) is 9.46. The maximum Gasteiger partial charge on any atom is 0.240 e. The third-order valence-corrected chi connectivity index (χ3v) is 6.02. The van der Waals surface area contributed by atoms with Crippen LogP contribution >= 0.6 is 23.2 Å². The largest absolute Gasteiger partial charge is 0.325 e. The number of amides is 2. The van der Waals surface area contributed by atoms with E-state index in [1.54, 1.807) is 35.1 Å². The highest BCUT2D eigenvalue weighted by molar-refractivity contribution is 6.33. The Morgan fingerprint density at radius 2 is 1.82 bits per heavy atom. The summed E-state index contributed by atoms with van der Waals surface area (Å²) in [4.78, 5) is 25.7. The third-order valence-electron chi connectivity index (χ3n) is 5.34. The van der Waals surface area contributed by atoms with Gasteiger partial charge in [0.15, 0.2) is 0 Å². The molecule has 0 fully saturated rings. The normalized spacial score (nSPS) is 19.9. The van der Waals surface area contributed by atoms with E-state index in [2.05, 4.69) is 15.7 Å². The topological polar surface area (TPSA) is 76.0 Å². The van der Waals surface area contributed by atoms with E-state index in [1.165, 1.54) is 0 Å². The molecule has 28 heavy (non-hydrogen) atoms. The van der Waals surface area contributed by atoms with Crippen LogP contribution in [0.3, 0.4) is 0 Å². The van der Waals surface area contributed by atoms with Gasteiger partial charge in [-0.15, -0.1) is 0 Å². The summed E-state index contributed by atoms with van der Waals surface area (Å²) < 4.78 is 1.65. The predicted molar refractivity (Wildman–Crippen MR) is 107 cm³/mol. The number of carbonyl (C=O) groups excluding carboxylic acids is 2. The Morgan fingerprint density at radius 1 is 1.04 bits per heavy atom. The first-order valence-electron chi connectivity index (χ1n) is 8.70. The van der Waals surface area contributed by atoms with E-state index in [0.29, 0.717) is 39.2 Å². The minimum Gasteiger partial charge on any atom is -0.325 e. The van der Waals surface area contributed by atoms with Crippen LogP contribution in [0.15, 0.2) is 48.7 Å². The lowest BCUT2D eigenvalue weighted by Gasteiger charge is -2.32. The fourth-order valence-electron chi connectivity index (χ4n) is 4.08. The number of halogens is 2. The first-order chi connectivity index (χ1) is 13.5. The van der Waals surface area contributed by atoms with Gasteiger partial charge in [-0.2, -0.15) is 5.10 Å². The number of carbonyl (C=O) groups is 2. The van der Waals surface area contributed by atoms with E-state index < -0.39 is 5.41 Å². The molecule has 2 aliphatic rings. The zero-order chi connectivity index (χ0) is 19.5. The molecular weight excluding hydrogens is 399 g/mol. The Morgan fingerprint density at radius 3 is 2.64 bits per heavy atom. The summed E-state index contributed by atoms with van der Waals surface area (Å²) in [5.41, 5.74) is 1.54. The van der Waals surface area contributed by atoms with Crippen molar-refractivity contribution in [2.45, 2.75) is 18.4 Å².